The lowest BCUT2D eigenvalue weighted by Crippen LogP contribution is -2.29. The molecule has 0 fully saturated rings. The second kappa shape index (κ2) is 10.0. The minimum atomic E-state index is -0.0549. The third-order valence-corrected chi connectivity index (χ3v) is 2.76. The molecule has 0 aromatic heterocycles. The van der Waals surface area contributed by atoms with E-state index in [1.807, 2.05) is 31.1 Å². The van der Waals surface area contributed by atoms with E-state index in [1.165, 1.54) is 0 Å². The Kier molecular flexibility index (Phi) is 8.23. The molecule has 6 nitrogen and oxygen atoms in total. The molecule has 0 aliphatic heterocycles. The van der Waals surface area contributed by atoms with Crippen molar-refractivity contribution >= 4 is 11.6 Å². The first-order valence-corrected chi connectivity index (χ1v) is 7.06. The molecule has 1 rings (SSSR count). The number of nitrogens with zero attached hydrogens (tertiary/aromatic N) is 1. The number of hydrogen-bond acceptors (Lipinski definition) is 5. The molecule has 0 saturated carbocycles. The molecule has 1 amide bonds. The SMILES string of the molecule is CN(C)CCOCCNC(=O)CCOc1ccccc1N. The number of anilines is 1. The molecule has 0 atom stereocenters. The molecular formula is C15H25N3O3. The Hall–Kier alpha value is -1.79. The molecule has 6 heteroatoms. The Bertz CT molecular complexity index is 424. The van der Waals surface area contributed by atoms with E-state index in [0.29, 0.717) is 44.2 Å². The molecule has 0 unspecified atom stereocenters. The van der Waals surface area contributed by atoms with Gasteiger partial charge in [-0.3, -0.25) is 4.79 Å². The number of carbonyl (C=O) groups is 1. The lowest BCUT2D eigenvalue weighted by Gasteiger charge is -2.11. The van der Waals surface area contributed by atoms with Gasteiger partial charge in [0.25, 0.3) is 0 Å². The van der Waals surface area contributed by atoms with Gasteiger partial charge in [-0.15, -0.1) is 0 Å². The average Bonchev–Trinajstić information content (AvgIpc) is 2.44. The van der Waals surface area contributed by atoms with E-state index < -0.39 is 0 Å². The summed E-state index contributed by atoms with van der Waals surface area (Å²) < 4.78 is 10.8. The maximum atomic E-state index is 11.6. The Morgan fingerprint density at radius 1 is 1.24 bits per heavy atom. The van der Waals surface area contributed by atoms with Crippen LogP contribution in [0.3, 0.4) is 0 Å². The molecule has 0 aliphatic rings. The first kappa shape index (κ1) is 17.3. The monoisotopic (exact) mass is 295 g/mol. The summed E-state index contributed by atoms with van der Waals surface area (Å²) in [6, 6.07) is 7.23. The molecule has 1 aromatic rings. The van der Waals surface area contributed by atoms with Crippen LogP contribution in [-0.4, -0.2) is 57.8 Å². The van der Waals surface area contributed by atoms with Gasteiger partial charge >= 0.3 is 0 Å². The molecule has 21 heavy (non-hydrogen) atoms. The maximum Gasteiger partial charge on any atom is 0.223 e. The molecular weight excluding hydrogens is 270 g/mol. The number of amides is 1. The van der Waals surface area contributed by atoms with Crippen LogP contribution >= 0.6 is 0 Å². The number of ether oxygens (including phenoxy) is 2. The summed E-state index contributed by atoms with van der Waals surface area (Å²) in [5.41, 5.74) is 6.32. The highest BCUT2D eigenvalue weighted by atomic mass is 16.5. The van der Waals surface area contributed by atoms with Crippen molar-refractivity contribution in [2.75, 3.05) is 52.7 Å². The van der Waals surface area contributed by atoms with Crippen LogP contribution in [0.4, 0.5) is 5.69 Å². The van der Waals surface area contributed by atoms with Crippen molar-refractivity contribution in [1.82, 2.24) is 10.2 Å². The number of nitrogens with one attached hydrogen (secondary N) is 1. The predicted molar refractivity (Wildman–Crippen MR) is 83.3 cm³/mol. The molecule has 0 radical (unpaired) electrons. The predicted octanol–water partition coefficient (Wildman–Crippen LogP) is 0.732. The van der Waals surface area contributed by atoms with E-state index in [4.69, 9.17) is 15.2 Å². The van der Waals surface area contributed by atoms with Crippen LogP contribution in [0.15, 0.2) is 24.3 Å². The van der Waals surface area contributed by atoms with E-state index >= 15 is 0 Å². The number of likely N-dealkylation sites (N-methyl/N-ethyl adjacent to an activating group) is 1. The molecule has 118 valence electrons. The Labute approximate surface area is 126 Å². The first-order valence-electron chi connectivity index (χ1n) is 7.06. The van der Waals surface area contributed by atoms with Crippen molar-refractivity contribution < 1.29 is 14.3 Å². The molecule has 0 saturated heterocycles. The maximum absolute atomic E-state index is 11.6. The van der Waals surface area contributed by atoms with Gasteiger partial charge in [-0.1, -0.05) is 12.1 Å². The first-order chi connectivity index (χ1) is 10.1. The van der Waals surface area contributed by atoms with Crippen LogP contribution in [0.1, 0.15) is 6.42 Å². The smallest absolute Gasteiger partial charge is 0.223 e. The van der Waals surface area contributed by atoms with Gasteiger partial charge in [0, 0.05) is 13.1 Å². The summed E-state index contributed by atoms with van der Waals surface area (Å²) in [6.07, 6.45) is 0.298. The Morgan fingerprint density at radius 2 is 2.00 bits per heavy atom. The molecule has 1 aromatic carbocycles. The minimum absolute atomic E-state index is 0.0549. The third kappa shape index (κ3) is 8.16. The van der Waals surface area contributed by atoms with Crippen molar-refractivity contribution in [1.29, 1.82) is 0 Å². The normalized spacial score (nSPS) is 10.6. The quantitative estimate of drug-likeness (QED) is 0.491. The zero-order valence-electron chi connectivity index (χ0n) is 12.8. The van der Waals surface area contributed by atoms with Crippen LogP contribution in [0.5, 0.6) is 5.75 Å². The average molecular weight is 295 g/mol. The van der Waals surface area contributed by atoms with Gasteiger partial charge in [0.05, 0.1) is 31.9 Å². The summed E-state index contributed by atoms with van der Waals surface area (Å²) in [5, 5.41) is 2.78. The standard InChI is InChI=1S/C15H25N3O3/c1-18(2)9-12-20-11-8-17-15(19)7-10-21-14-6-4-3-5-13(14)16/h3-6H,7-12,16H2,1-2H3,(H,17,19). The fourth-order valence-electron chi connectivity index (χ4n) is 1.57. The van der Waals surface area contributed by atoms with Crippen LogP contribution in [-0.2, 0) is 9.53 Å². The van der Waals surface area contributed by atoms with Gasteiger partial charge in [-0.05, 0) is 26.2 Å². The second-order valence-corrected chi connectivity index (χ2v) is 4.90. The summed E-state index contributed by atoms with van der Waals surface area (Å²) in [6.45, 7) is 2.88. The lowest BCUT2D eigenvalue weighted by molar-refractivity contribution is -0.121. The number of hydrogen-bond donors (Lipinski definition) is 2. The number of nitrogens with two attached hydrogens (primary N) is 1. The van der Waals surface area contributed by atoms with Crippen molar-refractivity contribution in [2.45, 2.75) is 6.42 Å². The van der Waals surface area contributed by atoms with Crippen molar-refractivity contribution in [3.63, 3.8) is 0 Å². The van der Waals surface area contributed by atoms with Crippen molar-refractivity contribution in [2.24, 2.45) is 0 Å². The largest absolute Gasteiger partial charge is 0.491 e. The highest BCUT2D eigenvalue weighted by Gasteiger charge is 2.03. The summed E-state index contributed by atoms with van der Waals surface area (Å²) in [7, 11) is 3.98. The van der Waals surface area contributed by atoms with Crippen LogP contribution < -0.4 is 15.8 Å². The van der Waals surface area contributed by atoms with E-state index in [9.17, 15) is 4.79 Å². The van der Waals surface area contributed by atoms with E-state index in [-0.39, 0.29) is 5.91 Å². The fourth-order valence-corrected chi connectivity index (χ4v) is 1.57. The highest BCUT2D eigenvalue weighted by Crippen LogP contribution is 2.19. The summed E-state index contributed by atoms with van der Waals surface area (Å²) >= 11 is 0. The van der Waals surface area contributed by atoms with Gasteiger partial charge in [0.2, 0.25) is 5.91 Å². The van der Waals surface area contributed by atoms with Crippen molar-refractivity contribution in [3.05, 3.63) is 24.3 Å². The van der Waals surface area contributed by atoms with Gasteiger partial charge in [0.15, 0.2) is 0 Å². The number of benzene rings is 1. The van der Waals surface area contributed by atoms with Crippen LogP contribution in [0, 0.1) is 0 Å². The Morgan fingerprint density at radius 3 is 2.71 bits per heavy atom. The second-order valence-electron chi connectivity index (χ2n) is 4.90. The third-order valence-electron chi connectivity index (χ3n) is 2.76. The van der Waals surface area contributed by atoms with E-state index in [1.54, 1.807) is 12.1 Å². The highest BCUT2D eigenvalue weighted by molar-refractivity contribution is 5.76. The Balaban J connectivity index is 2.03. The summed E-state index contributed by atoms with van der Waals surface area (Å²) in [4.78, 5) is 13.6. The molecule has 0 heterocycles. The van der Waals surface area contributed by atoms with Gasteiger partial charge < -0.3 is 25.4 Å². The zero-order chi connectivity index (χ0) is 15.5. The van der Waals surface area contributed by atoms with E-state index in [0.717, 1.165) is 6.54 Å². The van der Waals surface area contributed by atoms with Crippen LogP contribution in [0.25, 0.3) is 0 Å². The number of carbonyl (C=O) groups excluding carboxylic acids is 1. The molecule has 0 bridgehead atoms. The topological polar surface area (TPSA) is 76.8 Å². The lowest BCUT2D eigenvalue weighted by atomic mass is 10.3. The number of nitrogen functional groups attached to an aromatic ring is 1. The van der Waals surface area contributed by atoms with Gasteiger partial charge in [0.1, 0.15) is 5.75 Å². The van der Waals surface area contributed by atoms with Gasteiger partial charge in [-0.25, -0.2) is 0 Å². The van der Waals surface area contributed by atoms with Gasteiger partial charge in [-0.2, -0.15) is 0 Å². The molecule has 3 N–H and O–H groups in total. The fraction of sp³-hybridized carbons (Fsp3) is 0.533. The van der Waals surface area contributed by atoms with Crippen LogP contribution in [0.2, 0.25) is 0 Å². The summed E-state index contributed by atoms with van der Waals surface area (Å²) in [5.74, 6) is 0.554. The number of rotatable bonds is 10. The van der Waals surface area contributed by atoms with E-state index in [2.05, 4.69) is 5.32 Å². The zero-order valence-corrected chi connectivity index (χ0v) is 12.8. The number of para-hydroxylation sites is 2. The van der Waals surface area contributed by atoms with Crippen molar-refractivity contribution in [3.8, 4) is 5.75 Å². The molecule has 0 spiro atoms. The molecule has 0 aliphatic carbocycles. The minimum Gasteiger partial charge on any atom is -0.491 e.